The van der Waals surface area contributed by atoms with Gasteiger partial charge in [0, 0.05) is 23.0 Å². The number of carbonyl (C=O) groups is 1. The molecule has 3 rings (SSSR count). The molecule has 5 heteroatoms. The molecule has 0 atom stereocenters. The molecule has 0 saturated heterocycles. The Morgan fingerprint density at radius 1 is 1.30 bits per heavy atom. The highest BCUT2D eigenvalue weighted by atomic mass is 35.5. The van der Waals surface area contributed by atoms with E-state index in [1.165, 1.54) is 7.11 Å². The highest BCUT2D eigenvalue weighted by molar-refractivity contribution is 6.30. The van der Waals surface area contributed by atoms with E-state index in [0.29, 0.717) is 16.2 Å². The number of esters is 1. The average molecular weight is 287 g/mol. The second-order valence-corrected chi connectivity index (χ2v) is 4.72. The smallest absolute Gasteiger partial charge is 0.341 e. The molecule has 0 radical (unpaired) electrons. The number of hydrogen-bond donors (Lipinski definition) is 0. The minimum absolute atomic E-state index is 0.404. The average Bonchev–Trinajstić information content (AvgIpc) is 2.90. The molecule has 3 aromatic rings. The summed E-state index contributed by atoms with van der Waals surface area (Å²) in [4.78, 5) is 16.2. The van der Waals surface area contributed by atoms with E-state index in [2.05, 4.69) is 4.98 Å². The summed E-state index contributed by atoms with van der Waals surface area (Å²) < 4.78 is 6.56. The number of hydrogen-bond acceptors (Lipinski definition) is 3. The predicted molar refractivity (Wildman–Crippen MR) is 77.0 cm³/mol. The Morgan fingerprint density at radius 3 is 2.90 bits per heavy atom. The number of nitrogens with zero attached hydrogens (tertiary/aromatic N) is 2. The Kier molecular flexibility index (Phi) is 3.16. The SMILES string of the molecule is COC(=O)c1cccn2cc(-c3cccc(Cl)c3)nc12. The lowest BCUT2D eigenvalue weighted by molar-refractivity contribution is 0.0602. The van der Waals surface area contributed by atoms with Crippen molar-refractivity contribution in [2.75, 3.05) is 7.11 Å². The summed E-state index contributed by atoms with van der Waals surface area (Å²) in [5.41, 5.74) is 2.65. The van der Waals surface area contributed by atoms with Crippen molar-refractivity contribution >= 4 is 23.2 Å². The van der Waals surface area contributed by atoms with Crippen molar-refractivity contribution in [1.29, 1.82) is 0 Å². The van der Waals surface area contributed by atoms with Gasteiger partial charge < -0.3 is 9.14 Å². The van der Waals surface area contributed by atoms with Crippen LogP contribution < -0.4 is 0 Å². The maximum Gasteiger partial charge on any atom is 0.341 e. The molecule has 0 aliphatic heterocycles. The molecule has 0 unspecified atom stereocenters. The zero-order chi connectivity index (χ0) is 14.1. The van der Waals surface area contributed by atoms with Crippen LogP contribution in [0.2, 0.25) is 5.02 Å². The maximum atomic E-state index is 11.7. The van der Waals surface area contributed by atoms with Gasteiger partial charge in [-0.25, -0.2) is 9.78 Å². The molecule has 4 nitrogen and oxygen atoms in total. The summed E-state index contributed by atoms with van der Waals surface area (Å²) in [5, 5.41) is 0.646. The van der Waals surface area contributed by atoms with Crippen LogP contribution in [0.3, 0.4) is 0 Å². The van der Waals surface area contributed by atoms with Gasteiger partial charge in [-0.3, -0.25) is 0 Å². The lowest BCUT2D eigenvalue weighted by atomic mass is 10.2. The van der Waals surface area contributed by atoms with Gasteiger partial charge >= 0.3 is 5.97 Å². The summed E-state index contributed by atoms with van der Waals surface area (Å²) in [6.45, 7) is 0. The Hall–Kier alpha value is -2.33. The van der Waals surface area contributed by atoms with Crippen molar-refractivity contribution in [3.8, 4) is 11.3 Å². The molecule has 0 aliphatic carbocycles. The van der Waals surface area contributed by atoms with E-state index >= 15 is 0 Å². The van der Waals surface area contributed by atoms with Crippen LogP contribution in [0.4, 0.5) is 0 Å². The van der Waals surface area contributed by atoms with Gasteiger partial charge in [0.2, 0.25) is 0 Å². The van der Waals surface area contributed by atoms with Gasteiger partial charge in [0.1, 0.15) is 5.56 Å². The Labute approximate surface area is 120 Å². The van der Waals surface area contributed by atoms with Gasteiger partial charge in [-0.2, -0.15) is 0 Å². The standard InChI is InChI=1S/C15H11ClN2O2/c1-20-15(19)12-6-3-7-18-9-13(17-14(12)18)10-4-2-5-11(16)8-10/h2-9H,1H3. The molecule has 20 heavy (non-hydrogen) atoms. The first-order valence-corrected chi connectivity index (χ1v) is 6.39. The Morgan fingerprint density at radius 2 is 2.15 bits per heavy atom. The molecule has 0 N–H and O–H groups in total. The van der Waals surface area contributed by atoms with Crippen LogP contribution in [0.25, 0.3) is 16.9 Å². The van der Waals surface area contributed by atoms with Gasteiger partial charge in [0.05, 0.1) is 12.8 Å². The number of ether oxygens (including phenoxy) is 1. The Bertz CT molecular complexity index is 795. The second-order valence-electron chi connectivity index (χ2n) is 4.28. The van der Waals surface area contributed by atoms with Crippen LogP contribution in [-0.4, -0.2) is 22.5 Å². The summed E-state index contributed by atoms with van der Waals surface area (Å²) in [5.74, 6) is -0.404. The molecule has 1 aromatic carbocycles. The van der Waals surface area contributed by atoms with E-state index in [1.54, 1.807) is 22.6 Å². The van der Waals surface area contributed by atoms with E-state index in [1.807, 2.05) is 30.6 Å². The van der Waals surface area contributed by atoms with Crippen LogP contribution in [0, 0.1) is 0 Å². The van der Waals surface area contributed by atoms with E-state index < -0.39 is 5.97 Å². The molecule has 0 spiro atoms. The highest BCUT2D eigenvalue weighted by Crippen LogP contribution is 2.23. The number of methoxy groups -OCH3 is 1. The number of benzene rings is 1. The number of aromatic nitrogens is 2. The van der Waals surface area contributed by atoms with Crippen molar-refractivity contribution in [3.63, 3.8) is 0 Å². The fourth-order valence-electron chi connectivity index (χ4n) is 2.07. The van der Waals surface area contributed by atoms with Crippen molar-refractivity contribution in [1.82, 2.24) is 9.38 Å². The summed E-state index contributed by atoms with van der Waals surface area (Å²) in [6.07, 6.45) is 3.69. The maximum absolute atomic E-state index is 11.7. The number of pyridine rings is 1. The van der Waals surface area contributed by atoms with Crippen LogP contribution >= 0.6 is 11.6 Å². The van der Waals surface area contributed by atoms with Crippen molar-refractivity contribution in [2.45, 2.75) is 0 Å². The largest absolute Gasteiger partial charge is 0.465 e. The number of halogens is 1. The lowest BCUT2D eigenvalue weighted by Gasteiger charge is -2.00. The first-order valence-electron chi connectivity index (χ1n) is 6.01. The van der Waals surface area contributed by atoms with E-state index in [-0.39, 0.29) is 0 Å². The molecular weight excluding hydrogens is 276 g/mol. The molecule has 0 fully saturated rings. The third kappa shape index (κ3) is 2.14. The number of rotatable bonds is 2. The predicted octanol–water partition coefficient (Wildman–Crippen LogP) is 3.44. The molecular formula is C15H11ClN2O2. The quantitative estimate of drug-likeness (QED) is 0.678. The molecule has 0 amide bonds. The molecule has 0 aliphatic rings. The zero-order valence-electron chi connectivity index (χ0n) is 10.7. The molecule has 2 aromatic heterocycles. The third-order valence-electron chi connectivity index (χ3n) is 3.01. The topological polar surface area (TPSA) is 43.6 Å². The van der Waals surface area contributed by atoms with Gasteiger partial charge in [-0.15, -0.1) is 0 Å². The first-order chi connectivity index (χ1) is 9.69. The van der Waals surface area contributed by atoms with Crippen molar-refractivity contribution in [2.24, 2.45) is 0 Å². The summed E-state index contributed by atoms with van der Waals surface area (Å²) in [7, 11) is 1.35. The summed E-state index contributed by atoms with van der Waals surface area (Å²) >= 11 is 5.99. The van der Waals surface area contributed by atoms with Gasteiger partial charge in [0.15, 0.2) is 5.65 Å². The van der Waals surface area contributed by atoms with Gasteiger partial charge in [-0.1, -0.05) is 23.7 Å². The minimum Gasteiger partial charge on any atom is -0.465 e. The van der Waals surface area contributed by atoms with E-state index in [0.717, 1.165) is 11.3 Å². The van der Waals surface area contributed by atoms with Crippen molar-refractivity contribution < 1.29 is 9.53 Å². The van der Waals surface area contributed by atoms with E-state index in [9.17, 15) is 4.79 Å². The highest BCUT2D eigenvalue weighted by Gasteiger charge is 2.14. The monoisotopic (exact) mass is 286 g/mol. The second kappa shape index (κ2) is 4.98. The zero-order valence-corrected chi connectivity index (χ0v) is 11.5. The lowest BCUT2D eigenvalue weighted by Crippen LogP contribution is -2.03. The number of fused-ring (bicyclic) bond motifs is 1. The fraction of sp³-hybridized carbons (Fsp3) is 0.0667. The van der Waals surface area contributed by atoms with E-state index in [4.69, 9.17) is 16.3 Å². The third-order valence-corrected chi connectivity index (χ3v) is 3.24. The molecule has 0 bridgehead atoms. The molecule has 100 valence electrons. The molecule has 2 heterocycles. The van der Waals surface area contributed by atoms with Crippen LogP contribution in [0.15, 0.2) is 48.8 Å². The van der Waals surface area contributed by atoms with Crippen LogP contribution in [0.1, 0.15) is 10.4 Å². The van der Waals surface area contributed by atoms with Crippen molar-refractivity contribution in [3.05, 3.63) is 59.4 Å². The minimum atomic E-state index is -0.404. The number of carbonyl (C=O) groups excluding carboxylic acids is 1. The van der Waals surface area contributed by atoms with Gasteiger partial charge in [-0.05, 0) is 24.3 Å². The van der Waals surface area contributed by atoms with Crippen LogP contribution in [-0.2, 0) is 4.74 Å². The molecule has 0 saturated carbocycles. The normalized spacial score (nSPS) is 10.7. The first kappa shape index (κ1) is 12.7. The fourth-order valence-corrected chi connectivity index (χ4v) is 2.26. The summed E-state index contributed by atoms with van der Waals surface area (Å²) in [6, 6.07) is 10.9. The number of imidazole rings is 1. The Balaban J connectivity index is 2.18. The van der Waals surface area contributed by atoms with Crippen LogP contribution in [0.5, 0.6) is 0 Å². The van der Waals surface area contributed by atoms with Gasteiger partial charge in [0.25, 0.3) is 0 Å².